The highest BCUT2D eigenvalue weighted by atomic mass is 19.4. The maximum Gasteiger partial charge on any atom is 0.402 e. The normalized spacial score (nSPS) is 31.7. The Morgan fingerprint density at radius 2 is 1.94 bits per heavy atom. The van der Waals surface area contributed by atoms with Crippen molar-refractivity contribution < 1.29 is 22.7 Å². The molecule has 98 valence electrons. The molecule has 0 radical (unpaired) electrons. The molecule has 1 N–H and O–H groups in total. The molecule has 0 aromatic carbocycles. The summed E-state index contributed by atoms with van der Waals surface area (Å²) in [6.07, 6.45) is -3.76. The number of halogens is 3. The molecule has 3 nitrogen and oxygen atoms in total. The molecule has 2 heterocycles. The van der Waals surface area contributed by atoms with Crippen molar-refractivity contribution >= 4 is 5.78 Å². The second kappa shape index (κ2) is 4.57. The fourth-order valence-corrected chi connectivity index (χ4v) is 2.63. The summed E-state index contributed by atoms with van der Waals surface area (Å²) in [5, 5.41) is 2.67. The predicted molar refractivity (Wildman–Crippen MR) is 54.5 cm³/mol. The second-order valence-corrected chi connectivity index (χ2v) is 4.76. The zero-order valence-electron chi connectivity index (χ0n) is 9.48. The summed E-state index contributed by atoms with van der Waals surface area (Å²) in [6, 6.07) is 0. The van der Waals surface area contributed by atoms with Gasteiger partial charge in [-0.2, -0.15) is 13.2 Å². The summed E-state index contributed by atoms with van der Waals surface area (Å²) in [4.78, 5) is 12.2. The number of nitrogens with one attached hydrogen (secondary N) is 1. The lowest BCUT2D eigenvalue weighted by Crippen LogP contribution is -2.50. The maximum absolute atomic E-state index is 13.1. The van der Waals surface area contributed by atoms with Crippen molar-refractivity contribution in [1.82, 2.24) is 5.32 Å². The van der Waals surface area contributed by atoms with Gasteiger partial charge in [-0.15, -0.1) is 0 Å². The lowest BCUT2D eigenvalue weighted by Gasteiger charge is -2.34. The third kappa shape index (κ3) is 2.20. The molecule has 0 aromatic heterocycles. The first kappa shape index (κ1) is 12.8. The van der Waals surface area contributed by atoms with E-state index in [1.54, 1.807) is 0 Å². The van der Waals surface area contributed by atoms with Crippen molar-refractivity contribution in [3.63, 3.8) is 0 Å². The maximum atomic E-state index is 13.1. The number of Topliss-reactive ketones (excluding diaryl/α,β-unsaturated/α-hetero) is 1. The second-order valence-electron chi connectivity index (χ2n) is 4.76. The van der Waals surface area contributed by atoms with Crippen LogP contribution in [0.25, 0.3) is 0 Å². The minimum absolute atomic E-state index is 0.132. The number of rotatable bonds is 2. The first-order chi connectivity index (χ1) is 7.97. The molecule has 0 amide bonds. The van der Waals surface area contributed by atoms with Crippen LogP contribution in [0, 0.1) is 11.3 Å². The van der Waals surface area contributed by atoms with Crippen LogP contribution in [0.5, 0.6) is 0 Å². The monoisotopic (exact) mass is 251 g/mol. The molecule has 6 heteroatoms. The van der Waals surface area contributed by atoms with Crippen LogP contribution in [0.2, 0.25) is 0 Å². The first-order valence-electron chi connectivity index (χ1n) is 5.87. The van der Waals surface area contributed by atoms with Crippen molar-refractivity contribution in [1.29, 1.82) is 0 Å². The van der Waals surface area contributed by atoms with E-state index >= 15 is 0 Å². The zero-order chi connectivity index (χ0) is 12.5. The van der Waals surface area contributed by atoms with Crippen molar-refractivity contribution in [2.75, 3.05) is 26.3 Å². The smallest absolute Gasteiger partial charge is 0.381 e. The summed E-state index contributed by atoms with van der Waals surface area (Å²) >= 11 is 0. The van der Waals surface area contributed by atoms with E-state index in [4.69, 9.17) is 4.74 Å². The molecule has 2 aliphatic rings. The number of carbonyl (C=O) groups is 1. The fourth-order valence-electron chi connectivity index (χ4n) is 2.63. The summed E-state index contributed by atoms with van der Waals surface area (Å²) in [7, 11) is 0. The Morgan fingerprint density at radius 3 is 2.41 bits per heavy atom. The molecule has 1 atom stereocenters. The number of carbonyl (C=O) groups excluding carboxylic acids is 1. The van der Waals surface area contributed by atoms with E-state index < -0.39 is 23.3 Å². The third-order valence-corrected chi connectivity index (χ3v) is 3.76. The van der Waals surface area contributed by atoms with Crippen LogP contribution in [0.3, 0.4) is 0 Å². The summed E-state index contributed by atoms with van der Waals surface area (Å²) in [5.41, 5.74) is -2.16. The Labute approximate surface area is 97.7 Å². The van der Waals surface area contributed by atoms with Crippen LogP contribution >= 0.6 is 0 Å². The summed E-state index contributed by atoms with van der Waals surface area (Å²) < 4.78 is 44.5. The molecule has 2 fully saturated rings. The van der Waals surface area contributed by atoms with Gasteiger partial charge in [-0.1, -0.05) is 0 Å². The highest BCUT2D eigenvalue weighted by molar-refractivity contribution is 5.88. The van der Waals surface area contributed by atoms with E-state index in [1.165, 1.54) is 0 Å². The van der Waals surface area contributed by atoms with Gasteiger partial charge >= 0.3 is 6.18 Å². The van der Waals surface area contributed by atoms with Gasteiger partial charge in [-0.25, -0.2) is 0 Å². The van der Waals surface area contributed by atoms with Crippen LogP contribution in [0.15, 0.2) is 0 Å². The summed E-state index contributed by atoms with van der Waals surface area (Å²) in [6.45, 7) is 0.761. The highest BCUT2D eigenvalue weighted by Gasteiger charge is 2.61. The average molecular weight is 251 g/mol. The molecule has 1 unspecified atom stereocenters. The van der Waals surface area contributed by atoms with E-state index in [0.29, 0.717) is 26.1 Å². The van der Waals surface area contributed by atoms with E-state index in [9.17, 15) is 18.0 Å². The average Bonchev–Trinajstić information content (AvgIpc) is 2.79. The van der Waals surface area contributed by atoms with Crippen molar-refractivity contribution in [2.45, 2.75) is 25.4 Å². The van der Waals surface area contributed by atoms with Crippen LogP contribution in [-0.2, 0) is 9.53 Å². The Bertz CT molecular complexity index is 292. The number of ether oxygens (including phenoxy) is 1. The number of alkyl halides is 3. The van der Waals surface area contributed by atoms with E-state index in [-0.39, 0.29) is 19.5 Å². The zero-order valence-corrected chi connectivity index (χ0v) is 9.48. The standard InChI is InChI=1S/C11H16F3NO2/c12-11(13,14)10(3-4-15-7-10)9(16)8-1-5-17-6-2-8/h8,15H,1-7H2. The molecule has 0 saturated carbocycles. The molecule has 17 heavy (non-hydrogen) atoms. The van der Waals surface area contributed by atoms with Crippen molar-refractivity contribution in [3.05, 3.63) is 0 Å². The Balaban J connectivity index is 2.18. The molecule has 0 bridgehead atoms. The van der Waals surface area contributed by atoms with Gasteiger partial charge in [0, 0.05) is 25.7 Å². The summed E-state index contributed by atoms with van der Waals surface area (Å²) in [5.74, 6) is -1.14. The predicted octanol–water partition coefficient (Wildman–Crippen LogP) is 1.52. The largest absolute Gasteiger partial charge is 0.402 e. The molecule has 2 aliphatic heterocycles. The van der Waals surface area contributed by atoms with Crippen LogP contribution in [0.4, 0.5) is 13.2 Å². The van der Waals surface area contributed by atoms with E-state index in [1.807, 2.05) is 0 Å². The first-order valence-corrected chi connectivity index (χ1v) is 5.87. The Morgan fingerprint density at radius 1 is 1.29 bits per heavy atom. The lowest BCUT2D eigenvalue weighted by atomic mass is 9.74. The molecular formula is C11H16F3NO2. The minimum atomic E-state index is -4.45. The lowest BCUT2D eigenvalue weighted by molar-refractivity contribution is -0.218. The quantitative estimate of drug-likeness (QED) is 0.808. The van der Waals surface area contributed by atoms with Gasteiger partial charge in [0.15, 0.2) is 5.78 Å². The van der Waals surface area contributed by atoms with E-state index in [2.05, 4.69) is 5.32 Å². The van der Waals surface area contributed by atoms with Gasteiger partial charge in [-0.05, 0) is 25.8 Å². The van der Waals surface area contributed by atoms with Crippen molar-refractivity contribution in [3.8, 4) is 0 Å². The van der Waals surface area contributed by atoms with Crippen LogP contribution in [-0.4, -0.2) is 38.3 Å². The van der Waals surface area contributed by atoms with Gasteiger partial charge in [0.2, 0.25) is 0 Å². The van der Waals surface area contributed by atoms with Gasteiger partial charge in [0.25, 0.3) is 0 Å². The van der Waals surface area contributed by atoms with Gasteiger partial charge in [0.05, 0.1) is 0 Å². The topological polar surface area (TPSA) is 38.3 Å². The van der Waals surface area contributed by atoms with Crippen LogP contribution < -0.4 is 5.32 Å². The molecule has 0 aromatic rings. The molecule has 0 aliphatic carbocycles. The Kier molecular flexibility index (Phi) is 3.45. The Hall–Kier alpha value is -0.620. The number of ketones is 1. The highest BCUT2D eigenvalue weighted by Crippen LogP contribution is 2.46. The number of hydrogen-bond donors (Lipinski definition) is 1. The third-order valence-electron chi connectivity index (χ3n) is 3.76. The van der Waals surface area contributed by atoms with Gasteiger partial charge < -0.3 is 10.1 Å². The molecule has 0 spiro atoms. The van der Waals surface area contributed by atoms with Gasteiger partial charge in [-0.3, -0.25) is 4.79 Å². The molecular weight excluding hydrogens is 235 g/mol. The van der Waals surface area contributed by atoms with Crippen molar-refractivity contribution in [2.24, 2.45) is 11.3 Å². The fraction of sp³-hybridized carbons (Fsp3) is 0.909. The molecule has 2 rings (SSSR count). The molecule has 2 saturated heterocycles. The SMILES string of the molecule is O=C(C1CCOCC1)C1(C(F)(F)F)CCNC1. The van der Waals surface area contributed by atoms with E-state index in [0.717, 1.165) is 0 Å². The minimum Gasteiger partial charge on any atom is -0.381 e. The number of hydrogen-bond acceptors (Lipinski definition) is 3. The van der Waals surface area contributed by atoms with Crippen LogP contribution in [0.1, 0.15) is 19.3 Å². The van der Waals surface area contributed by atoms with Gasteiger partial charge in [0.1, 0.15) is 5.41 Å².